The number of H-pyrrole nitrogens is 2. The Kier molecular flexibility index (Phi) is 3.93. The Morgan fingerprint density at radius 3 is 2.62 bits per heavy atom. The van der Waals surface area contributed by atoms with Gasteiger partial charge < -0.3 is 4.74 Å². The van der Waals surface area contributed by atoms with Gasteiger partial charge in [-0.15, -0.1) is 10.2 Å². The molecule has 0 saturated heterocycles. The fraction of sp³-hybridized carbons (Fsp3) is 0.188. The average Bonchev–Trinajstić information content (AvgIpc) is 2.76. The second-order valence-corrected chi connectivity index (χ2v) is 6.10. The zero-order chi connectivity index (χ0) is 25.5. The Morgan fingerprint density at radius 1 is 1.31 bits per heavy atom. The number of hydrogen-bond acceptors (Lipinski definition) is 8. The van der Waals surface area contributed by atoms with Gasteiger partial charge in [-0.25, -0.2) is 9.89 Å². The SMILES string of the molecule is [2H]c1c(Cl)c(Oc2n[nH]c(=O)c(C(C)C([2H])([2H])[2H])n2)c(Cl)c([2H])c1-n1nc(C#N)c(=O)[nH]c1=O. The van der Waals surface area contributed by atoms with Gasteiger partial charge in [-0.1, -0.05) is 37.0 Å². The minimum atomic E-state index is -2.56. The van der Waals surface area contributed by atoms with Crippen molar-refractivity contribution in [1.82, 2.24) is 29.9 Å². The van der Waals surface area contributed by atoms with Gasteiger partial charge in [-0.3, -0.25) is 14.6 Å². The van der Waals surface area contributed by atoms with Crippen LogP contribution in [0.3, 0.4) is 0 Å². The minimum Gasteiger partial charge on any atom is -0.420 e. The van der Waals surface area contributed by atoms with E-state index in [-0.39, 0.29) is 0 Å². The molecule has 0 fully saturated rings. The molecule has 2 heterocycles. The van der Waals surface area contributed by atoms with E-state index in [9.17, 15) is 14.4 Å². The molecule has 3 aromatic rings. The van der Waals surface area contributed by atoms with Crippen LogP contribution in [-0.2, 0) is 0 Å². The molecular weight excluding hydrogens is 425 g/mol. The van der Waals surface area contributed by atoms with E-state index in [1.165, 1.54) is 13.0 Å². The largest absolute Gasteiger partial charge is 0.420 e. The molecule has 148 valence electrons. The molecule has 0 amide bonds. The molecule has 1 atom stereocenters. The van der Waals surface area contributed by atoms with Crippen molar-refractivity contribution in [2.75, 3.05) is 0 Å². The molecule has 0 aliphatic rings. The molecule has 1 aromatic carbocycles. The second-order valence-electron chi connectivity index (χ2n) is 5.34. The number of hydrogen-bond donors (Lipinski definition) is 2. The summed E-state index contributed by atoms with van der Waals surface area (Å²) in [5.74, 6) is -1.81. The van der Waals surface area contributed by atoms with Gasteiger partial charge >= 0.3 is 11.7 Å². The average molecular weight is 441 g/mol. The predicted molar refractivity (Wildman–Crippen MR) is 102 cm³/mol. The summed E-state index contributed by atoms with van der Waals surface area (Å²) in [6.45, 7) is -1.31. The quantitative estimate of drug-likeness (QED) is 0.616. The highest BCUT2D eigenvalue weighted by molar-refractivity contribution is 6.37. The van der Waals surface area contributed by atoms with Crippen LogP contribution in [0.1, 0.15) is 37.9 Å². The number of aromatic amines is 2. The van der Waals surface area contributed by atoms with Crippen molar-refractivity contribution < 1.29 is 11.6 Å². The highest BCUT2D eigenvalue weighted by Crippen LogP contribution is 2.37. The fourth-order valence-corrected chi connectivity index (χ4v) is 2.53. The highest BCUT2D eigenvalue weighted by Gasteiger charge is 2.17. The van der Waals surface area contributed by atoms with Gasteiger partial charge in [0.25, 0.3) is 11.1 Å². The maximum absolute atomic E-state index is 12.2. The van der Waals surface area contributed by atoms with E-state index < -0.39 is 80.5 Å². The smallest absolute Gasteiger partial charge is 0.349 e. The molecule has 0 bridgehead atoms. The third kappa shape index (κ3) is 4.03. The monoisotopic (exact) mass is 440 g/mol. The van der Waals surface area contributed by atoms with Crippen molar-refractivity contribution in [3.63, 3.8) is 0 Å². The van der Waals surface area contributed by atoms with E-state index in [2.05, 4.69) is 15.2 Å². The third-order valence-electron chi connectivity index (χ3n) is 3.31. The number of benzene rings is 1. The molecule has 0 aliphatic carbocycles. The van der Waals surface area contributed by atoms with Crippen molar-refractivity contribution in [3.8, 4) is 23.5 Å². The van der Waals surface area contributed by atoms with Crippen LogP contribution in [0.5, 0.6) is 11.8 Å². The Bertz CT molecular complexity index is 1500. The van der Waals surface area contributed by atoms with Crippen LogP contribution in [0.25, 0.3) is 5.69 Å². The van der Waals surface area contributed by atoms with Gasteiger partial charge in [-0.05, 0) is 12.1 Å². The summed E-state index contributed by atoms with van der Waals surface area (Å²) in [4.78, 5) is 41.3. The number of nitrogens with zero attached hydrogens (tertiary/aromatic N) is 5. The highest BCUT2D eigenvalue weighted by atomic mass is 35.5. The van der Waals surface area contributed by atoms with Gasteiger partial charge in [0.15, 0.2) is 5.75 Å². The molecule has 29 heavy (non-hydrogen) atoms. The Morgan fingerprint density at radius 2 is 2.00 bits per heavy atom. The summed E-state index contributed by atoms with van der Waals surface area (Å²) in [6.07, 6.45) is 0. The molecular formula is C16H11Cl2N7O4. The zero-order valence-electron chi connectivity index (χ0n) is 19.2. The first-order chi connectivity index (χ1) is 15.8. The van der Waals surface area contributed by atoms with Gasteiger partial charge in [-0.2, -0.15) is 14.9 Å². The standard InChI is InChI=1S/C16H11Cl2N7O4/c1-6(2)11-14(27)22-23-15(20-11)29-12-8(17)3-7(4-9(12)18)25-16(28)21-13(26)10(5-19)24-25/h3-4,6H,1-2H3,(H,22,27)(H,21,26,28)/i1D3,3D,4D. The Balaban J connectivity index is 2.17. The fourth-order valence-electron chi connectivity index (χ4n) is 2.03. The molecule has 11 nitrogen and oxygen atoms in total. The first-order valence-electron chi connectivity index (χ1n) is 10.0. The van der Waals surface area contributed by atoms with Crippen LogP contribution < -0.4 is 21.5 Å². The van der Waals surface area contributed by atoms with Crippen LogP contribution in [0.2, 0.25) is 10.0 Å². The number of nitrogens with one attached hydrogen (secondary N) is 2. The molecule has 3 rings (SSSR count). The summed E-state index contributed by atoms with van der Waals surface area (Å²) in [7, 11) is 0. The summed E-state index contributed by atoms with van der Waals surface area (Å²) in [5, 5.41) is 17.0. The molecule has 0 spiro atoms. The lowest BCUT2D eigenvalue weighted by Crippen LogP contribution is -2.33. The number of halogens is 2. The minimum absolute atomic E-state index is 0.402. The molecule has 0 radical (unpaired) electrons. The number of rotatable bonds is 4. The lowest BCUT2D eigenvalue weighted by molar-refractivity contribution is 0.427. The van der Waals surface area contributed by atoms with Crippen LogP contribution in [-0.4, -0.2) is 29.9 Å². The number of nitriles is 1. The van der Waals surface area contributed by atoms with Gasteiger partial charge in [0.05, 0.1) is 18.5 Å². The molecule has 0 aliphatic heterocycles. The van der Waals surface area contributed by atoms with E-state index >= 15 is 0 Å². The Labute approximate surface area is 178 Å². The van der Waals surface area contributed by atoms with Crippen LogP contribution >= 0.6 is 23.2 Å². The number of aromatic nitrogens is 6. The van der Waals surface area contributed by atoms with Crippen molar-refractivity contribution in [2.24, 2.45) is 0 Å². The molecule has 2 aromatic heterocycles. The maximum Gasteiger partial charge on any atom is 0.349 e. The molecule has 13 heteroatoms. The van der Waals surface area contributed by atoms with Crippen LogP contribution in [0.15, 0.2) is 26.5 Å². The summed E-state index contributed by atoms with van der Waals surface area (Å²) < 4.78 is 44.6. The lowest BCUT2D eigenvalue weighted by atomic mass is 10.1. The topological polar surface area (TPSA) is 159 Å². The first kappa shape index (κ1) is 14.5. The van der Waals surface area contributed by atoms with Crippen molar-refractivity contribution >= 4 is 23.2 Å². The summed E-state index contributed by atoms with van der Waals surface area (Å²) in [5.41, 5.74) is -4.82. The maximum atomic E-state index is 12.2. The van der Waals surface area contributed by atoms with Gasteiger partial charge in [0, 0.05) is 10.0 Å². The summed E-state index contributed by atoms with van der Waals surface area (Å²) in [6, 6.07) is -0.524. The van der Waals surface area contributed by atoms with E-state index in [1.54, 1.807) is 0 Å². The lowest BCUT2D eigenvalue weighted by Gasteiger charge is -2.11. The normalized spacial score (nSPS) is 14.6. The first-order valence-corrected chi connectivity index (χ1v) is 8.30. The van der Waals surface area contributed by atoms with Crippen molar-refractivity contribution in [2.45, 2.75) is 19.7 Å². The summed E-state index contributed by atoms with van der Waals surface area (Å²) >= 11 is 12.3. The van der Waals surface area contributed by atoms with E-state index in [0.717, 1.165) is 0 Å². The molecule has 0 saturated carbocycles. The molecule has 1 unspecified atom stereocenters. The Hall–Kier alpha value is -3.49. The second kappa shape index (κ2) is 7.86. The van der Waals surface area contributed by atoms with Crippen LogP contribution in [0, 0.1) is 11.3 Å². The third-order valence-corrected chi connectivity index (χ3v) is 3.84. The van der Waals surface area contributed by atoms with Crippen LogP contribution in [0.4, 0.5) is 0 Å². The predicted octanol–water partition coefficient (Wildman–Crippen LogP) is 1.49. The van der Waals surface area contributed by atoms with E-state index in [1.807, 2.05) is 10.1 Å². The van der Waals surface area contributed by atoms with Crippen molar-refractivity contribution in [1.29, 1.82) is 5.26 Å². The van der Waals surface area contributed by atoms with Crippen molar-refractivity contribution in [3.05, 3.63) is 64.7 Å². The molecule has 2 N–H and O–H groups in total. The van der Waals surface area contributed by atoms with Gasteiger partial charge in [0.2, 0.25) is 5.69 Å². The zero-order valence-corrected chi connectivity index (χ0v) is 15.7. The van der Waals surface area contributed by atoms with E-state index in [0.29, 0.717) is 4.68 Å². The van der Waals surface area contributed by atoms with Gasteiger partial charge in [0.1, 0.15) is 11.8 Å². The van der Waals surface area contributed by atoms with E-state index in [4.69, 9.17) is 40.1 Å². The number of ether oxygens (including phenoxy) is 1.